The molecule has 66 heavy (non-hydrogen) atoms. The van der Waals surface area contributed by atoms with Crippen LogP contribution in [0.25, 0.3) is 141 Å². The van der Waals surface area contributed by atoms with Crippen LogP contribution in [0.4, 0.5) is 0 Å². The molecular formula is C66H40. The van der Waals surface area contributed by atoms with E-state index >= 15 is 0 Å². The zero-order valence-electron chi connectivity index (χ0n) is 36.1. The number of rotatable bonds is 4. The fourth-order valence-electron chi connectivity index (χ4n) is 11.2. The molecule has 0 nitrogen and oxygen atoms in total. The molecule has 0 saturated heterocycles. The largest absolute Gasteiger partial charge is 0.0622 e. The minimum absolute atomic E-state index is 1.22. The van der Waals surface area contributed by atoms with E-state index in [-0.39, 0.29) is 0 Å². The van der Waals surface area contributed by atoms with Crippen LogP contribution in [0, 0.1) is 0 Å². The van der Waals surface area contributed by atoms with Crippen molar-refractivity contribution in [2.24, 2.45) is 0 Å². The topological polar surface area (TPSA) is 0 Å². The van der Waals surface area contributed by atoms with E-state index in [1.54, 1.807) is 0 Å². The van der Waals surface area contributed by atoms with Crippen LogP contribution in [0.15, 0.2) is 243 Å². The Bertz CT molecular complexity index is 4030. The molecule has 14 rings (SSSR count). The van der Waals surface area contributed by atoms with Crippen molar-refractivity contribution in [2.45, 2.75) is 0 Å². The zero-order valence-corrected chi connectivity index (χ0v) is 36.1. The maximum atomic E-state index is 2.46. The Balaban J connectivity index is 0.941. The summed E-state index contributed by atoms with van der Waals surface area (Å²) in [6.07, 6.45) is 0. The van der Waals surface area contributed by atoms with Crippen LogP contribution in [0.2, 0.25) is 0 Å². The average Bonchev–Trinajstić information content (AvgIpc) is 3.40. The Morgan fingerprint density at radius 2 is 0.394 bits per heavy atom. The fraction of sp³-hybridized carbons (Fsp3) is 0. The minimum atomic E-state index is 1.22. The molecule has 0 bridgehead atoms. The molecule has 0 heteroatoms. The highest BCUT2D eigenvalue weighted by molar-refractivity contribution is 6.40. The van der Waals surface area contributed by atoms with E-state index in [0.29, 0.717) is 0 Å². The van der Waals surface area contributed by atoms with Crippen molar-refractivity contribution in [1.29, 1.82) is 0 Å². The molecule has 0 N–H and O–H groups in total. The van der Waals surface area contributed by atoms with Crippen LogP contribution in [0.5, 0.6) is 0 Å². The summed E-state index contributed by atoms with van der Waals surface area (Å²) in [5, 5.41) is 23.0. The first-order valence-electron chi connectivity index (χ1n) is 23.0. The lowest BCUT2D eigenvalue weighted by Gasteiger charge is -2.18. The van der Waals surface area contributed by atoms with Crippen molar-refractivity contribution in [3.05, 3.63) is 243 Å². The van der Waals surface area contributed by atoms with Crippen molar-refractivity contribution in [2.75, 3.05) is 0 Å². The average molecular weight is 833 g/mol. The number of hydrogen-bond donors (Lipinski definition) is 0. The van der Waals surface area contributed by atoms with Crippen LogP contribution in [-0.2, 0) is 0 Å². The zero-order chi connectivity index (χ0) is 43.3. The summed E-state index contributed by atoms with van der Waals surface area (Å²) in [7, 11) is 0. The predicted molar refractivity (Wildman–Crippen MR) is 286 cm³/mol. The Labute approximate surface area is 382 Å². The third-order valence-electron chi connectivity index (χ3n) is 14.4. The van der Waals surface area contributed by atoms with Crippen LogP contribution in [-0.4, -0.2) is 0 Å². The van der Waals surface area contributed by atoms with Gasteiger partial charge in [-0.05, 0) is 178 Å². The van der Waals surface area contributed by atoms with E-state index < -0.39 is 0 Å². The minimum Gasteiger partial charge on any atom is -0.0622 e. The molecule has 0 fully saturated rings. The fourth-order valence-corrected chi connectivity index (χ4v) is 11.2. The highest BCUT2D eigenvalue weighted by Crippen LogP contribution is 2.46. The lowest BCUT2D eigenvalue weighted by molar-refractivity contribution is 1.65. The molecule has 0 aromatic heterocycles. The van der Waals surface area contributed by atoms with Crippen molar-refractivity contribution < 1.29 is 0 Å². The van der Waals surface area contributed by atoms with Crippen molar-refractivity contribution in [1.82, 2.24) is 0 Å². The molecule has 0 saturated carbocycles. The third-order valence-corrected chi connectivity index (χ3v) is 14.4. The summed E-state index contributed by atoms with van der Waals surface area (Å²) in [5.74, 6) is 0. The van der Waals surface area contributed by atoms with Gasteiger partial charge in [-0.3, -0.25) is 0 Å². The normalized spacial score (nSPS) is 11.9. The summed E-state index contributed by atoms with van der Waals surface area (Å²) in [5.41, 5.74) is 9.85. The van der Waals surface area contributed by atoms with Gasteiger partial charge in [-0.25, -0.2) is 0 Å². The monoisotopic (exact) mass is 832 g/mol. The van der Waals surface area contributed by atoms with Crippen LogP contribution < -0.4 is 0 Å². The quantitative estimate of drug-likeness (QED) is 0.155. The van der Waals surface area contributed by atoms with E-state index in [1.807, 2.05) is 0 Å². The molecule has 0 unspecified atom stereocenters. The van der Waals surface area contributed by atoms with Crippen molar-refractivity contribution >= 4 is 97.0 Å². The van der Waals surface area contributed by atoms with Gasteiger partial charge in [0.1, 0.15) is 0 Å². The number of fused-ring (bicyclic) bond motifs is 17. The predicted octanol–water partition coefficient (Wildman–Crippen LogP) is 18.7. The molecule has 0 heterocycles. The van der Waals surface area contributed by atoms with E-state index in [4.69, 9.17) is 0 Å². The molecule has 0 aliphatic heterocycles. The molecule has 304 valence electrons. The van der Waals surface area contributed by atoms with Gasteiger partial charge in [-0.15, -0.1) is 0 Å². The Hall–Kier alpha value is -8.58. The SMILES string of the molecule is c1ccc(-c2ccc3c(ccc4cc(-c5ccc6c7ccccc7c7c8cc(-c9ccc%10c(ccc%11cc(-c%12ccccc%12)ccc%11%10)c9)ccc8c8ccccc8c7c6c5)ccc43)c2)cc1. The first-order chi connectivity index (χ1) is 32.7. The summed E-state index contributed by atoms with van der Waals surface area (Å²) >= 11 is 0. The van der Waals surface area contributed by atoms with Gasteiger partial charge in [0.15, 0.2) is 0 Å². The molecule has 0 amide bonds. The Morgan fingerprint density at radius 1 is 0.136 bits per heavy atom. The van der Waals surface area contributed by atoms with Gasteiger partial charge in [0.25, 0.3) is 0 Å². The van der Waals surface area contributed by atoms with E-state index in [0.717, 1.165) is 0 Å². The lowest BCUT2D eigenvalue weighted by atomic mass is 9.85. The van der Waals surface area contributed by atoms with E-state index in [1.165, 1.54) is 141 Å². The van der Waals surface area contributed by atoms with Crippen LogP contribution >= 0.6 is 0 Å². The summed E-state index contributed by atoms with van der Waals surface area (Å²) in [6, 6.07) is 90.5. The molecule has 0 aliphatic carbocycles. The molecule has 14 aromatic carbocycles. The summed E-state index contributed by atoms with van der Waals surface area (Å²) < 4.78 is 0. The van der Waals surface area contributed by atoms with Gasteiger partial charge in [-0.2, -0.15) is 0 Å². The molecule has 14 aromatic rings. The Morgan fingerprint density at radius 3 is 0.742 bits per heavy atom. The first kappa shape index (κ1) is 36.9. The third kappa shape index (κ3) is 5.72. The summed E-state index contributed by atoms with van der Waals surface area (Å²) in [4.78, 5) is 0. The van der Waals surface area contributed by atoms with Gasteiger partial charge < -0.3 is 0 Å². The number of hydrogen-bond acceptors (Lipinski definition) is 0. The lowest BCUT2D eigenvalue weighted by Crippen LogP contribution is -1.90. The molecule has 0 radical (unpaired) electrons. The van der Waals surface area contributed by atoms with Crippen LogP contribution in [0.3, 0.4) is 0 Å². The number of benzene rings is 14. The maximum Gasteiger partial charge on any atom is -0.00137 e. The van der Waals surface area contributed by atoms with E-state index in [2.05, 4.69) is 243 Å². The second-order valence-corrected chi connectivity index (χ2v) is 18.0. The highest BCUT2D eigenvalue weighted by atomic mass is 14.2. The van der Waals surface area contributed by atoms with E-state index in [9.17, 15) is 0 Å². The standard InChI is InChI=1S/C66H40/c1-3-11-41(12-4-1)43-23-29-53-49(35-43)19-21-51-37-45(25-31-55(51)53)47-27-33-59-57-15-7-10-18-62(57)66-64-40-48(28-34-60(64)58-16-8-9-17-61(58)65(66)63(59)39-47)46-26-32-56-52(38-46)22-20-50-36-44(24-30-54(50)56)42-13-5-2-6-14-42/h1-40H. The second kappa shape index (κ2) is 14.5. The second-order valence-electron chi connectivity index (χ2n) is 18.0. The highest BCUT2D eigenvalue weighted by Gasteiger charge is 2.18. The van der Waals surface area contributed by atoms with Gasteiger partial charge in [0.2, 0.25) is 0 Å². The van der Waals surface area contributed by atoms with Gasteiger partial charge in [-0.1, -0.05) is 206 Å². The van der Waals surface area contributed by atoms with Gasteiger partial charge in [0, 0.05) is 0 Å². The van der Waals surface area contributed by atoms with Gasteiger partial charge in [0.05, 0.1) is 0 Å². The molecule has 0 atom stereocenters. The smallest absolute Gasteiger partial charge is 0.00137 e. The Kier molecular flexibility index (Phi) is 8.08. The van der Waals surface area contributed by atoms with Crippen molar-refractivity contribution in [3.8, 4) is 44.5 Å². The van der Waals surface area contributed by atoms with Gasteiger partial charge >= 0.3 is 0 Å². The molecule has 0 aliphatic rings. The summed E-state index contributed by atoms with van der Waals surface area (Å²) in [6.45, 7) is 0. The molecular weight excluding hydrogens is 793 g/mol. The maximum absolute atomic E-state index is 2.46. The molecule has 0 spiro atoms. The first-order valence-corrected chi connectivity index (χ1v) is 23.0. The van der Waals surface area contributed by atoms with Crippen molar-refractivity contribution in [3.63, 3.8) is 0 Å². The van der Waals surface area contributed by atoms with Crippen LogP contribution in [0.1, 0.15) is 0 Å².